The van der Waals surface area contributed by atoms with Crippen LogP contribution in [0.2, 0.25) is 0 Å². The molecule has 0 aliphatic rings. The van der Waals surface area contributed by atoms with Crippen LogP contribution >= 0.6 is 0 Å². The molecule has 0 saturated heterocycles. The fourth-order valence-corrected chi connectivity index (χ4v) is 2.00. The summed E-state index contributed by atoms with van der Waals surface area (Å²) >= 11 is 0. The van der Waals surface area contributed by atoms with Gasteiger partial charge in [0, 0.05) is 24.9 Å². The normalized spacial score (nSPS) is 12.2. The molecule has 0 radical (unpaired) electrons. The van der Waals surface area contributed by atoms with Gasteiger partial charge in [0.1, 0.15) is 6.04 Å². The topological polar surface area (TPSA) is 58.1 Å². The molecule has 5 heteroatoms. The van der Waals surface area contributed by atoms with E-state index < -0.39 is 0 Å². The van der Waals surface area contributed by atoms with Crippen LogP contribution in [-0.4, -0.2) is 41.1 Å². The van der Waals surface area contributed by atoms with Crippen molar-refractivity contribution in [3.05, 3.63) is 30.0 Å². The Morgan fingerprint density at radius 1 is 1.21 bits per heavy atom. The lowest BCUT2D eigenvalue weighted by Gasteiger charge is -2.19. The lowest BCUT2D eigenvalue weighted by Crippen LogP contribution is -2.37. The number of rotatable bonds is 3. The number of likely N-dealkylation sites (N-methyl/N-ethyl adjacent to an activating group) is 1. The molecule has 2 rings (SSSR count). The van der Waals surface area contributed by atoms with Crippen LogP contribution in [0.3, 0.4) is 0 Å². The van der Waals surface area contributed by atoms with E-state index >= 15 is 0 Å². The maximum Gasteiger partial charge on any atom is 0.244 e. The zero-order chi connectivity index (χ0) is 14.0. The molecule has 1 aromatic heterocycles. The molecule has 100 valence electrons. The summed E-state index contributed by atoms with van der Waals surface area (Å²) in [6.07, 6.45) is 0. The zero-order valence-electron chi connectivity index (χ0n) is 11.6. The number of anilines is 1. The molecule has 1 aromatic carbocycles. The molecular weight excluding hydrogens is 240 g/mol. The Hall–Kier alpha value is -2.17. The Balaban J connectivity index is 2.36. The first-order valence-corrected chi connectivity index (χ1v) is 6.20. The maximum absolute atomic E-state index is 11.9. The molecule has 0 saturated carbocycles. The molecule has 0 aliphatic heterocycles. The lowest BCUT2D eigenvalue weighted by atomic mass is 10.1. The van der Waals surface area contributed by atoms with Crippen LogP contribution in [0, 0.1) is 6.92 Å². The molecule has 5 nitrogen and oxygen atoms in total. The van der Waals surface area contributed by atoms with Gasteiger partial charge in [-0.3, -0.25) is 4.79 Å². The predicted molar refractivity (Wildman–Crippen MR) is 76.1 cm³/mol. The standard InChI is InChI=1S/C14H18N4O/c1-9-11-7-5-6-8-12(11)13(17-16-9)15-10(2)14(19)18(3)4/h5-8,10H,1-4H3,(H,15,17). The second-order valence-electron chi connectivity index (χ2n) is 4.78. The van der Waals surface area contributed by atoms with E-state index in [9.17, 15) is 4.79 Å². The Bertz CT molecular complexity index is 609. The Kier molecular flexibility index (Phi) is 3.64. The van der Waals surface area contributed by atoms with E-state index in [1.807, 2.05) is 38.1 Å². The number of fused-ring (bicyclic) bond motifs is 1. The van der Waals surface area contributed by atoms with E-state index in [2.05, 4.69) is 15.5 Å². The number of aryl methyl sites for hydroxylation is 1. The summed E-state index contributed by atoms with van der Waals surface area (Å²) < 4.78 is 0. The summed E-state index contributed by atoms with van der Waals surface area (Å²) in [6, 6.07) is 7.56. The van der Waals surface area contributed by atoms with E-state index in [1.165, 1.54) is 0 Å². The summed E-state index contributed by atoms with van der Waals surface area (Å²) in [4.78, 5) is 13.4. The molecule has 0 spiro atoms. The average molecular weight is 258 g/mol. The van der Waals surface area contributed by atoms with Gasteiger partial charge in [-0.15, -0.1) is 5.10 Å². The molecule has 0 aliphatic carbocycles. The highest BCUT2D eigenvalue weighted by molar-refractivity contribution is 5.94. The van der Waals surface area contributed by atoms with Gasteiger partial charge in [0.05, 0.1) is 5.69 Å². The van der Waals surface area contributed by atoms with Gasteiger partial charge in [0.2, 0.25) is 5.91 Å². The van der Waals surface area contributed by atoms with Crippen molar-refractivity contribution in [1.29, 1.82) is 0 Å². The van der Waals surface area contributed by atoms with Crippen LogP contribution in [0.25, 0.3) is 10.8 Å². The molecule has 1 N–H and O–H groups in total. The summed E-state index contributed by atoms with van der Waals surface area (Å²) in [5.74, 6) is 0.648. The molecule has 0 fully saturated rings. The summed E-state index contributed by atoms with van der Waals surface area (Å²) in [7, 11) is 3.47. The third kappa shape index (κ3) is 2.65. The Labute approximate surface area is 112 Å². The van der Waals surface area contributed by atoms with E-state index in [0.29, 0.717) is 5.82 Å². The highest BCUT2D eigenvalue weighted by Gasteiger charge is 2.16. The van der Waals surface area contributed by atoms with E-state index in [4.69, 9.17) is 0 Å². The predicted octanol–water partition coefficient (Wildman–Crippen LogP) is 1.83. The lowest BCUT2D eigenvalue weighted by molar-refractivity contribution is -0.129. The summed E-state index contributed by atoms with van der Waals surface area (Å²) in [6.45, 7) is 3.74. The van der Waals surface area contributed by atoms with E-state index in [0.717, 1.165) is 16.5 Å². The van der Waals surface area contributed by atoms with Crippen molar-refractivity contribution in [1.82, 2.24) is 15.1 Å². The fourth-order valence-electron chi connectivity index (χ4n) is 2.00. The second-order valence-corrected chi connectivity index (χ2v) is 4.78. The van der Waals surface area contributed by atoms with Gasteiger partial charge in [-0.1, -0.05) is 24.3 Å². The minimum absolute atomic E-state index is 0.00598. The molecule has 1 atom stereocenters. The number of aromatic nitrogens is 2. The monoisotopic (exact) mass is 258 g/mol. The molecule has 1 amide bonds. The van der Waals surface area contributed by atoms with Crippen LogP contribution in [-0.2, 0) is 4.79 Å². The van der Waals surface area contributed by atoms with Crippen LogP contribution in [0.1, 0.15) is 12.6 Å². The quantitative estimate of drug-likeness (QED) is 0.912. The second kappa shape index (κ2) is 5.22. The van der Waals surface area contributed by atoms with Gasteiger partial charge >= 0.3 is 0 Å². The minimum atomic E-state index is -0.338. The number of carbonyl (C=O) groups is 1. The van der Waals surface area contributed by atoms with Crippen LogP contribution in [0.5, 0.6) is 0 Å². The van der Waals surface area contributed by atoms with Crippen molar-refractivity contribution >= 4 is 22.5 Å². The summed E-state index contributed by atoms with van der Waals surface area (Å²) in [5, 5.41) is 13.4. The highest BCUT2D eigenvalue weighted by Crippen LogP contribution is 2.22. The third-order valence-electron chi connectivity index (χ3n) is 3.04. The third-order valence-corrected chi connectivity index (χ3v) is 3.04. The van der Waals surface area contributed by atoms with Crippen LogP contribution in [0.15, 0.2) is 24.3 Å². The molecule has 1 unspecified atom stereocenters. The van der Waals surface area contributed by atoms with Gasteiger partial charge in [-0.25, -0.2) is 0 Å². The number of carbonyl (C=O) groups excluding carboxylic acids is 1. The minimum Gasteiger partial charge on any atom is -0.357 e. The van der Waals surface area contributed by atoms with Crippen molar-refractivity contribution < 1.29 is 4.79 Å². The van der Waals surface area contributed by atoms with Gasteiger partial charge < -0.3 is 10.2 Å². The fraction of sp³-hybridized carbons (Fsp3) is 0.357. The van der Waals surface area contributed by atoms with Crippen molar-refractivity contribution in [3.8, 4) is 0 Å². The number of nitrogens with one attached hydrogen (secondary N) is 1. The first-order chi connectivity index (χ1) is 9.00. The molecule has 1 heterocycles. The highest BCUT2D eigenvalue weighted by atomic mass is 16.2. The first kappa shape index (κ1) is 13.3. The van der Waals surface area contributed by atoms with Gasteiger partial charge in [-0.2, -0.15) is 5.10 Å². The molecule has 19 heavy (non-hydrogen) atoms. The largest absolute Gasteiger partial charge is 0.357 e. The van der Waals surface area contributed by atoms with E-state index in [-0.39, 0.29) is 11.9 Å². The SMILES string of the molecule is Cc1nnc(NC(C)C(=O)N(C)C)c2ccccc12. The molecular formula is C14H18N4O. The number of amides is 1. The van der Waals surface area contributed by atoms with Gasteiger partial charge in [0.25, 0.3) is 0 Å². The Morgan fingerprint density at radius 2 is 1.84 bits per heavy atom. The number of benzene rings is 1. The van der Waals surface area contributed by atoms with E-state index in [1.54, 1.807) is 19.0 Å². The first-order valence-electron chi connectivity index (χ1n) is 6.20. The Morgan fingerprint density at radius 3 is 2.47 bits per heavy atom. The van der Waals surface area contributed by atoms with Gasteiger partial charge in [-0.05, 0) is 13.8 Å². The van der Waals surface area contributed by atoms with Crippen LogP contribution < -0.4 is 5.32 Å². The van der Waals surface area contributed by atoms with Crippen molar-refractivity contribution in [3.63, 3.8) is 0 Å². The zero-order valence-corrected chi connectivity index (χ0v) is 11.6. The van der Waals surface area contributed by atoms with Crippen LogP contribution in [0.4, 0.5) is 5.82 Å². The number of hydrogen-bond acceptors (Lipinski definition) is 4. The smallest absolute Gasteiger partial charge is 0.244 e. The van der Waals surface area contributed by atoms with Crippen molar-refractivity contribution in [2.45, 2.75) is 19.9 Å². The van der Waals surface area contributed by atoms with Crippen molar-refractivity contribution in [2.75, 3.05) is 19.4 Å². The summed E-state index contributed by atoms with van der Waals surface area (Å²) in [5.41, 5.74) is 0.882. The van der Waals surface area contributed by atoms with Gasteiger partial charge in [0.15, 0.2) is 5.82 Å². The molecule has 0 bridgehead atoms. The number of hydrogen-bond donors (Lipinski definition) is 1. The van der Waals surface area contributed by atoms with Crippen molar-refractivity contribution in [2.24, 2.45) is 0 Å². The maximum atomic E-state index is 11.9. The average Bonchev–Trinajstić information content (AvgIpc) is 2.41. The number of nitrogens with zero attached hydrogens (tertiary/aromatic N) is 3. The molecule has 2 aromatic rings.